The Morgan fingerprint density at radius 2 is 1.53 bits per heavy atom. The number of unbranched alkanes of at least 4 members (excludes halogenated alkanes) is 1. The maximum Gasteiger partial charge on any atom is 0.459 e. The zero-order valence-corrected chi connectivity index (χ0v) is 24.2. The third kappa shape index (κ3) is 7.35. The number of halogens is 7. The molecule has 2 heterocycles. The number of benzene rings is 3. The normalized spacial score (nSPS) is 13.2. The van der Waals surface area contributed by atoms with E-state index in [1.54, 1.807) is 53.4 Å². The van der Waals surface area contributed by atoms with E-state index in [2.05, 4.69) is 9.72 Å². The van der Waals surface area contributed by atoms with Gasteiger partial charge in [-0.25, -0.2) is 4.98 Å². The Labute approximate surface area is 255 Å². The fourth-order valence-electron chi connectivity index (χ4n) is 5.11. The molecule has 1 aromatic heterocycles. The smallest absolute Gasteiger partial charge is 0.454 e. The summed E-state index contributed by atoms with van der Waals surface area (Å²) >= 11 is 0. The maximum atomic E-state index is 15.2. The Morgan fingerprint density at radius 3 is 2.20 bits per heavy atom. The molecule has 0 N–H and O–H groups in total. The molecular formula is C32H30F7N3O3. The first-order chi connectivity index (χ1) is 21.5. The van der Waals surface area contributed by atoms with Gasteiger partial charge in [-0.15, -0.1) is 0 Å². The van der Waals surface area contributed by atoms with Gasteiger partial charge in [-0.2, -0.15) is 30.7 Å². The minimum atomic E-state index is -5.89. The lowest BCUT2D eigenvalue weighted by molar-refractivity contribution is -0.291. The fourth-order valence-corrected chi connectivity index (χ4v) is 5.11. The Balaban J connectivity index is 1.59. The molecule has 3 aromatic carbocycles. The number of fused-ring (bicyclic) bond motifs is 1. The molecule has 0 aliphatic carbocycles. The van der Waals surface area contributed by atoms with E-state index in [0.717, 1.165) is 0 Å². The highest BCUT2D eigenvalue weighted by atomic mass is 19.4. The second-order valence-electron chi connectivity index (χ2n) is 10.5. The first-order valence-corrected chi connectivity index (χ1v) is 14.2. The van der Waals surface area contributed by atoms with Crippen LogP contribution in [-0.4, -0.2) is 34.0 Å². The van der Waals surface area contributed by atoms with Crippen molar-refractivity contribution in [3.63, 3.8) is 0 Å². The topological polar surface area (TPSA) is 48.8 Å². The zero-order chi connectivity index (χ0) is 32.2. The summed E-state index contributed by atoms with van der Waals surface area (Å²) in [5.74, 6) is -4.30. The van der Waals surface area contributed by atoms with Crippen molar-refractivity contribution < 1.29 is 44.9 Å². The van der Waals surface area contributed by atoms with E-state index in [0.29, 0.717) is 41.0 Å². The molecular weight excluding hydrogens is 607 g/mol. The molecule has 0 saturated carbocycles. The highest BCUT2D eigenvalue weighted by Gasteiger charge is 2.61. The molecule has 4 aromatic rings. The Hall–Kier alpha value is -4.26. The Bertz CT molecular complexity index is 1580. The van der Waals surface area contributed by atoms with Crippen LogP contribution in [0.2, 0.25) is 0 Å². The van der Waals surface area contributed by atoms with Gasteiger partial charge in [0.1, 0.15) is 17.3 Å². The van der Waals surface area contributed by atoms with Crippen molar-refractivity contribution in [1.82, 2.24) is 14.5 Å². The summed E-state index contributed by atoms with van der Waals surface area (Å²) in [6.45, 7) is -1.10. The van der Waals surface area contributed by atoms with Gasteiger partial charge in [-0.05, 0) is 41.8 Å². The average molecular weight is 638 g/mol. The first kappa shape index (κ1) is 32.1. The lowest BCUT2D eigenvalue weighted by Crippen LogP contribution is -2.36. The van der Waals surface area contributed by atoms with Crippen LogP contribution < -0.4 is 14.2 Å². The van der Waals surface area contributed by atoms with Crippen molar-refractivity contribution >= 4 is 0 Å². The molecule has 0 atom stereocenters. The third-order valence-corrected chi connectivity index (χ3v) is 7.26. The predicted molar refractivity (Wildman–Crippen MR) is 151 cm³/mol. The summed E-state index contributed by atoms with van der Waals surface area (Å²) < 4.78 is 114. The van der Waals surface area contributed by atoms with Crippen LogP contribution in [0.25, 0.3) is 11.4 Å². The second kappa shape index (κ2) is 13.4. The number of alkyl halides is 7. The van der Waals surface area contributed by atoms with Crippen molar-refractivity contribution in [3.8, 4) is 28.6 Å². The highest BCUT2D eigenvalue weighted by molar-refractivity contribution is 5.57. The second-order valence-corrected chi connectivity index (χ2v) is 10.5. The van der Waals surface area contributed by atoms with Gasteiger partial charge in [-0.3, -0.25) is 4.90 Å². The van der Waals surface area contributed by atoms with Crippen molar-refractivity contribution in [3.05, 3.63) is 95.3 Å². The molecule has 0 fully saturated rings. The Kier molecular flexibility index (Phi) is 9.56. The summed E-state index contributed by atoms with van der Waals surface area (Å²) in [5, 5.41) is 0. The number of aromatic nitrogens is 2. The van der Waals surface area contributed by atoms with Gasteiger partial charge in [0.2, 0.25) is 6.79 Å². The molecule has 0 radical (unpaired) electrons. The van der Waals surface area contributed by atoms with Gasteiger partial charge in [0.15, 0.2) is 11.5 Å². The van der Waals surface area contributed by atoms with Crippen LogP contribution in [0, 0.1) is 0 Å². The Morgan fingerprint density at radius 1 is 0.867 bits per heavy atom. The molecule has 45 heavy (non-hydrogen) atoms. The fraction of sp³-hybridized carbons (Fsp3) is 0.344. The highest BCUT2D eigenvalue weighted by Crippen LogP contribution is 2.46. The number of nitrogens with zero attached hydrogens (tertiary/aromatic N) is 3. The van der Waals surface area contributed by atoms with Crippen molar-refractivity contribution in [2.75, 3.05) is 6.79 Å². The van der Waals surface area contributed by atoms with Crippen LogP contribution in [-0.2, 0) is 32.1 Å². The van der Waals surface area contributed by atoms with E-state index >= 15 is 8.78 Å². The number of rotatable bonds is 13. The van der Waals surface area contributed by atoms with Gasteiger partial charge >= 0.3 is 18.7 Å². The summed E-state index contributed by atoms with van der Waals surface area (Å²) in [6, 6.07) is 19.1. The number of imidazole rings is 1. The minimum Gasteiger partial charge on any atom is -0.454 e. The molecule has 0 spiro atoms. The minimum absolute atomic E-state index is 0.00880. The van der Waals surface area contributed by atoms with Crippen molar-refractivity contribution in [1.29, 1.82) is 0 Å². The van der Waals surface area contributed by atoms with Crippen LogP contribution in [0.4, 0.5) is 30.7 Å². The molecule has 1 aliphatic heterocycles. The van der Waals surface area contributed by atoms with E-state index in [1.165, 1.54) is 28.8 Å². The standard InChI is InChI=1S/C32H30F7N3O3/c1-2-3-15-42-25(28(31(35,36)32(37,38)39)40-29(42)23-7-5-4-6-8-23)19-41(17-21-9-12-24(13-10-21)45-30(33)34)18-22-11-14-26-27(16-22)44-20-43-26/h4-14,16,30H,2-3,15,17-20H2,1H3. The average Bonchev–Trinajstić information content (AvgIpc) is 3.61. The molecule has 6 nitrogen and oxygen atoms in total. The lowest BCUT2D eigenvalue weighted by atomic mass is 10.1. The molecule has 0 bridgehead atoms. The first-order valence-electron chi connectivity index (χ1n) is 14.2. The van der Waals surface area contributed by atoms with Crippen LogP contribution in [0.15, 0.2) is 72.8 Å². The van der Waals surface area contributed by atoms with Crippen molar-refractivity contribution in [2.24, 2.45) is 0 Å². The summed E-state index contributed by atoms with van der Waals surface area (Å²) in [7, 11) is 0. The summed E-state index contributed by atoms with van der Waals surface area (Å²) in [4.78, 5) is 5.65. The summed E-state index contributed by atoms with van der Waals surface area (Å²) in [5.41, 5.74) is 0.0358. The third-order valence-electron chi connectivity index (χ3n) is 7.26. The van der Waals surface area contributed by atoms with Gasteiger partial charge in [0, 0.05) is 31.7 Å². The van der Waals surface area contributed by atoms with E-state index in [1.807, 2.05) is 6.92 Å². The van der Waals surface area contributed by atoms with Crippen molar-refractivity contribution in [2.45, 2.75) is 64.7 Å². The molecule has 5 rings (SSSR count). The van der Waals surface area contributed by atoms with Crippen LogP contribution in [0.3, 0.4) is 0 Å². The zero-order valence-electron chi connectivity index (χ0n) is 24.2. The molecule has 0 saturated heterocycles. The molecule has 13 heteroatoms. The van der Waals surface area contributed by atoms with E-state index in [9.17, 15) is 22.0 Å². The van der Waals surface area contributed by atoms with Crippen LogP contribution in [0.5, 0.6) is 17.2 Å². The van der Waals surface area contributed by atoms with Crippen LogP contribution >= 0.6 is 0 Å². The van der Waals surface area contributed by atoms with E-state index in [4.69, 9.17) is 9.47 Å². The van der Waals surface area contributed by atoms with Gasteiger partial charge in [-0.1, -0.05) is 61.9 Å². The quantitative estimate of drug-likeness (QED) is 0.138. The number of ether oxygens (including phenoxy) is 3. The molecule has 0 amide bonds. The van der Waals surface area contributed by atoms with Crippen LogP contribution in [0.1, 0.15) is 42.3 Å². The van der Waals surface area contributed by atoms with Gasteiger partial charge < -0.3 is 18.8 Å². The van der Waals surface area contributed by atoms with Gasteiger partial charge in [0.25, 0.3) is 0 Å². The predicted octanol–water partition coefficient (Wildman–Crippen LogP) is 8.54. The molecule has 1 aliphatic rings. The van der Waals surface area contributed by atoms with E-state index in [-0.39, 0.29) is 50.2 Å². The lowest BCUT2D eigenvalue weighted by Gasteiger charge is -2.26. The van der Waals surface area contributed by atoms with E-state index < -0.39 is 24.4 Å². The summed E-state index contributed by atoms with van der Waals surface area (Å²) in [6.07, 6.45) is -4.72. The number of hydrogen-bond donors (Lipinski definition) is 0. The molecule has 0 unspecified atom stereocenters. The largest absolute Gasteiger partial charge is 0.459 e. The SMILES string of the molecule is CCCCn1c(-c2ccccc2)nc(C(F)(F)C(F)(F)F)c1CN(Cc1ccc(OC(F)F)cc1)Cc1ccc2c(c1)OCO2. The monoisotopic (exact) mass is 637 g/mol. The maximum absolute atomic E-state index is 15.2. The molecule has 240 valence electrons. The number of hydrogen-bond acceptors (Lipinski definition) is 5. The van der Waals surface area contributed by atoms with Gasteiger partial charge in [0.05, 0.1) is 5.69 Å².